The van der Waals surface area contributed by atoms with Crippen LogP contribution in [0.25, 0.3) is 5.69 Å². The Bertz CT molecular complexity index is 1410. The zero-order valence-corrected chi connectivity index (χ0v) is 25.1. The lowest BCUT2D eigenvalue weighted by molar-refractivity contribution is -0.149. The first-order valence-electron chi connectivity index (χ1n) is 15.0. The lowest BCUT2D eigenvalue weighted by Crippen LogP contribution is -2.43. The number of ether oxygens (including phenoxy) is 2. The van der Waals surface area contributed by atoms with Gasteiger partial charge in [0.25, 0.3) is 0 Å². The summed E-state index contributed by atoms with van der Waals surface area (Å²) in [6, 6.07) is 16.6. The van der Waals surface area contributed by atoms with E-state index >= 15 is 0 Å². The number of amides is 1. The van der Waals surface area contributed by atoms with Gasteiger partial charge in [0.15, 0.2) is 0 Å². The Balaban J connectivity index is 1.29. The van der Waals surface area contributed by atoms with Gasteiger partial charge in [-0.2, -0.15) is 5.10 Å². The lowest BCUT2D eigenvalue weighted by Gasteiger charge is -2.33. The van der Waals surface area contributed by atoms with Crippen LogP contribution in [0.5, 0.6) is 0 Å². The van der Waals surface area contributed by atoms with Crippen molar-refractivity contribution in [2.75, 3.05) is 31.2 Å². The normalized spacial score (nSPS) is 15.0. The van der Waals surface area contributed by atoms with Crippen LogP contribution < -0.4 is 15.9 Å². The van der Waals surface area contributed by atoms with E-state index in [0.29, 0.717) is 6.42 Å². The molecule has 43 heavy (non-hydrogen) atoms. The average Bonchev–Trinajstić information content (AvgIpc) is 3.41. The zero-order valence-electron chi connectivity index (χ0n) is 25.1. The number of nitrogens with zero attached hydrogens (tertiary/aromatic N) is 4. The maximum Gasteiger partial charge on any atom is 0.350 e. The molecule has 1 saturated heterocycles. The van der Waals surface area contributed by atoms with Gasteiger partial charge in [-0.15, -0.1) is 0 Å². The van der Waals surface area contributed by atoms with Crippen molar-refractivity contribution in [1.82, 2.24) is 19.7 Å². The summed E-state index contributed by atoms with van der Waals surface area (Å²) in [5.74, 6) is -0.998. The first kappa shape index (κ1) is 31.5. The number of carbonyl (C=O) groups excluding carboxylic acids is 3. The fourth-order valence-corrected chi connectivity index (χ4v) is 5.35. The number of piperidine rings is 1. The Morgan fingerprint density at radius 1 is 0.953 bits per heavy atom. The van der Waals surface area contributed by atoms with E-state index in [2.05, 4.69) is 15.3 Å². The van der Waals surface area contributed by atoms with E-state index in [9.17, 15) is 19.2 Å². The second-order valence-corrected chi connectivity index (χ2v) is 10.7. The van der Waals surface area contributed by atoms with Crippen molar-refractivity contribution in [1.29, 1.82) is 0 Å². The summed E-state index contributed by atoms with van der Waals surface area (Å²) < 4.78 is 13.1. The van der Waals surface area contributed by atoms with Gasteiger partial charge in [0.05, 0.1) is 24.9 Å². The first-order chi connectivity index (χ1) is 20.8. The molecule has 11 nitrogen and oxygen atoms in total. The molecule has 1 unspecified atom stereocenters. The number of rotatable bonds is 13. The molecule has 2 heterocycles. The highest BCUT2D eigenvalue weighted by molar-refractivity contribution is 5.85. The third kappa shape index (κ3) is 8.33. The summed E-state index contributed by atoms with van der Waals surface area (Å²) in [6.07, 6.45) is 3.67. The van der Waals surface area contributed by atoms with E-state index in [-0.39, 0.29) is 49.6 Å². The number of aromatic nitrogens is 3. The van der Waals surface area contributed by atoms with Gasteiger partial charge in [-0.05, 0) is 75.8 Å². The smallest absolute Gasteiger partial charge is 0.350 e. The third-order valence-corrected chi connectivity index (χ3v) is 7.77. The molecular weight excluding hydrogens is 550 g/mol. The number of benzene rings is 2. The molecule has 1 fully saturated rings. The molecule has 3 aromatic rings. The monoisotopic (exact) mass is 591 g/mol. The van der Waals surface area contributed by atoms with Crippen LogP contribution in [0.4, 0.5) is 5.69 Å². The maximum atomic E-state index is 13.1. The molecule has 11 heteroatoms. The van der Waals surface area contributed by atoms with Crippen LogP contribution in [0.15, 0.2) is 65.7 Å². The van der Waals surface area contributed by atoms with Gasteiger partial charge in [-0.3, -0.25) is 9.59 Å². The van der Waals surface area contributed by atoms with E-state index in [1.54, 1.807) is 24.7 Å². The largest absolute Gasteiger partial charge is 0.466 e. The van der Waals surface area contributed by atoms with Crippen LogP contribution in [-0.4, -0.2) is 64.5 Å². The number of anilines is 1. The number of hydrogen-bond donors (Lipinski definition) is 1. The number of nitrogens with one attached hydrogen (secondary N) is 1. The maximum absolute atomic E-state index is 13.1. The quantitative estimate of drug-likeness (QED) is 0.299. The number of hydrogen-bond acceptors (Lipinski definition) is 8. The molecule has 1 aromatic heterocycles. The van der Waals surface area contributed by atoms with E-state index in [1.807, 2.05) is 61.5 Å². The van der Waals surface area contributed by atoms with Gasteiger partial charge in [-0.1, -0.05) is 30.3 Å². The molecule has 1 N–H and O–H groups in total. The van der Waals surface area contributed by atoms with Crippen LogP contribution in [0, 0.1) is 5.92 Å². The summed E-state index contributed by atoms with van der Waals surface area (Å²) in [6.45, 7) is 7.40. The Kier molecular flexibility index (Phi) is 11.1. The van der Waals surface area contributed by atoms with Crippen molar-refractivity contribution < 1.29 is 23.9 Å². The standard InChI is InChI=1S/C32H41N5O6/c1-4-42-30(39)16-15-28(31(40)43-5-2)34-29(38)21-24-17-19-35(20-18-24)26-11-13-27(14-12-26)36-22-33-37(32(36)41)23(3)25-9-7-6-8-10-25/h6-14,22-24,28H,4-5,15-21H2,1-3H3,(H,34,38)/t23?,28-/m0/s1. The van der Waals surface area contributed by atoms with E-state index < -0.39 is 18.0 Å². The number of esters is 2. The minimum atomic E-state index is -0.878. The summed E-state index contributed by atoms with van der Waals surface area (Å²) in [5.41, 5.74) is 2.60. The van der Waals surface area contributed by atoms with Crippen molar-refractivity contribution in [3.05, 3.63) is 77.0 Å². The Labute approximate surface area is 251 Å². The first-order valence-corrected chi connectivity index (χ1v) is 15.0. The molecule has 0 aliphatic carbocycles. The molecular formula is C32H41N5O6. The fraction of sp³-hybridized carbons (Fsp3) is 0.469. The van der Waals surface area contributed by atoms with E-state index in [0.717, 1.165) is 42.9 Å². The van der Waals surface area contributed by atoms with Gasteiger partial charge in [0.2, 0.25) is 5.91 Å². The lowest BCUT2D eigenvalue weighted by atomic mass is 9.92. The van der Waals surface area contributed by atoms with Gasteiger partial charge in [-0.25, -0.2) is 18.8 Å². The van der Waals surface area contributed by atoms with E-state index in [4.69, 9.17) is 9.47 Å². The summed E-state index contributed by atoms with van der Waals surface area (Å²) in [5, 5.41) is 7.12. The molecule has 1 aliphatic rings. The zero-order chi connectivity index (χ0) is 30.8. The van der Waals surface area contributed by atoms with Crippen LogP contribution in [0.2, 0.25) is 0 Å². The molecule has 2 atom stereocenters. The van der Waals surface area contributed by atoms with Gasteiger partial charge in [0, 0.05) is 31.6 Å². The highest BCUT2D eigenvalue weighted by atomic mass is 16.5. The summed E-state index contributed by atoms with van der Waals surface area (Å²) >= 11 is 0. The molecule has 4 rings (SSSR count). The van der Waals surface area contributed by atoms with Crippen molar-refractivity contribution in [3.8, 4) is 5.69 Å². The van der Waals surface area contributed by atoms with Gasteiger partial charge in [0.1, 0.15) is 12.4 Å². The summed E-state index contributed by atoms with van der Waals surface area (Å²) in [7, 11) is 0. The molecule has 0 bridgehead atoms. The predicted octanol–water partition coefficient (Wildman–Crippen LogP) is 3.64. The van der Waals surface area contributed by atoms with Crippen LogP contribution >= 0.6 is 0 Å². The Morgan fingerprint density at radius 2 is 1.60 bits per heavy atom. The molecule has 1 amide bonds. The Morgan fingerprint density at radius 3 is 2.26 bits per heavy atom. The molecule has 0 saturated carbocycles. The Hall–Kier alpha value is -4.41. The van der Waals surface area contributed by atoms with Crippen molar-refractivity contribution in [2.45, 2.75) is 65.0 Å². The van der Waals surface area contributed by atoms with Crippen LogP contribution in [0.3, 0.4) is 0 Å². The van der Waals surface area contributed by atoms with Crippen LogP contribution in [0.1, 0.15) is 64.5 Å². The van der Waals surface area contributed by atoms with Gasteiger partial charge >= 0.3 is 17.6 Å². The second kappa shape index (κ2) is 15.2. The highest BCUT2D eigenvalue weighted by Gasteiger charge is 2.27. The molecule has 1 aliphatic heterocycles. The van der Waals surface area contributed by atoms with E-state index in [1.165, 1.54) is 4.68 Å². The SMILES string of the molecule is CCOC(=O)CC[C@H](NC(=O)CC1CCN(c2ccc(-n3cnn(C(C)c4ccccc4)c3=O)cc2)CC1)C(=O)OCC. The van der Waals surface area contributed by atoms with Gasteiger partial charge < -0.3 is 19.7 Å². The molecule has 0 spiro atoms. The van der Waals surface area contributed by atoms with Crippen LogP contribution in [-0.2, 0) is 23.9 Å². The number of carbonyl (C=O) groups is 3. The topological polar surface area (TPSA) is 125 Å². The highest BCUT2D eigenvalue weighted by Crippen LogP contribution is 2.26. The predicted molar refractivity (Wildman–Crippen MR) is 162 cm³/mol. The average molecular weight is 592 g/mol. The van der Waals surface area contributed by atoms with Crippen molar-refractivity contribution in [2.24, 2.45) is 5.92 Å². The minimum Gasteiger partial charge on any atom is -0.466 e. The van der Waals surface area contributed by atoms with Crippen molar-refractivity contribution >= 4 is 23.5 Å². The third-order valence-electron chi connectivity index (χ3n) is 7.77. The molecule has 0 radical (unpaired) electrons. The molecule has 230 valence electrons. The molecule has 2 aromatic carbocycles. The summed E-state index contributed by atoms with van der Waals surface area (Å²) in [4.78, 5) is 52.3. The minimum absolute atomic E-state index is 0.0264. The fourth-order valence-electron chi connectivity index (χ4n) is 5.35. The second-order valence-electron chi connectivity index (χ2n) is 10.7. The van der Waals surface area contributed by atoms with Crippen molar-refractivity contribution in [3.63, 3.8) is 0 Å².